The van der Waals surface area contributed by atoms with Gasteiger partial charge in [-0.1, -0.05) is 61.9 Å². The molecule has 0 bridgehead atoms. The van der Waals surface area contributed by atoms with Crippen LogP contribution >= 0.6 is 0 Å². The van der Waals surface area contributed by atoms with E-state index >= 15 is 0 Å². The van der Waals surface area contributed by atoms with Crippen LogP contribution in [-0.2, 0) is 5.60 Å². The Hall–Kier alpha value is -1.60. The third-order valence-electron chi connectivity index (χ3n) is 4.06. The van der Waals surface area contributed by atoms with Gasteiger partial charge in [-0.15, -0.1) is 0 Å². The average Bonchev–Trinajstić information content (AvgIpc) is 2.41. The lowest BCUT2D eigenvalue weighted by Crippen LogP contribution is -2.24. The third-order valence-corrected chi connectivity index (χ3v) is 4.06. The van der Waals surface area contributed by atoms with Gasteiger partial charge < -0.3 is 5.11 Å². The van der Waals surface area contributed by atoms with Gasteiger partial charge in [-0.25, -0.2) is 0 Å². The molecule has 0 radical (unpaired) electrons. The van der Waals surface area contributed by atoms with Crippen LogP contribution in [0.1, 0.15) is 54.5 Å². The molecule has 0 amide bonds. The molecule has 106 valence electrons. The van der Waals surface area contributed by atoms with E-state index in [0.717, 1.165) is 16.7 Å². The number of rotatable bonds is 3. The first-order valence-corrected chi connectivity index (χ1v) is 7.23. The van der Waals surface area contributed by atoms with Crippen LogP contribution in [0, 0.1) is 13.8 Å². The molecule has 2 rings (SSSR count). The van der Waals surface area contributed by atoms with Crippen molar-refractivity contribution >= 4 is 0 Å². The van der Waals surface area contributed by atoms with E-state index in [4.69, 9.17) is 0 Å². The van der Waals surface area contributed by atoms with Gasteiger partial charge in [0, 0.05) is 0 Å². The summed E-state index contributed by atoms with van der Waals surface area (Å²) in [4.78, 5) is 0. The topological polar surface area (TPSA) is 20.2 Å². The molecule has 0 fully saturated rings. The van der Waals surface area contributed by atoms with Crippen molar-refractivity contribution in [3.63, 3.8) is 0 Å². The van der Waals surface area contributed by atoms with Crippen LogP contribution in [-0.4, -0.2) is 5.11 Å². The second kappa shape index (κ2) is 5.41. The molecule has 0 heterocycles. The molecule has 20 heavy (non-hydrogen) atoms. The third kappa shape index (κ3) is 2.78. The highest BCUT2D eigenvalue weighted by molar-refractivity contribution is 5.42. The molecule has 0 aromatic heterocycles. The SMILES string of the molecule is Cc1ccc(C)c(C(C)(O)c2ccc(C(C)C)cc2)c1. The van der Waals surface area contributed by atoms with Crippen LogP contribution in [0.5, 0.6) is 0 Å². The number of aliphatic hydroxyl groups is 1. The van der Waals surface area contributed by atoms with Gasteiger partial charge >= 0.3 is 0 Å². The smallest absolute Gasteiger partial charge is 0.112 e. The summed E-state index contributed by atoms with van der Waals surface area (Å²) in [6.45, 7) is 10.3. The van der Waals surface area contributed by atoms with E-state index in [1.54, 1.807) is 0 Å². The Morgan fingerprint density at radius 1 is 0.950 bits per heavy atom. The predicted octanol–water partition coefficient (Wildman–Crippen LogP) is 4.68. The van der Waals surface area contributed by atoms with E-state index in [2.05, 4.69) is 51.1 Å². The van der Waals surface area contributed by atoms with Crippen molar-refractivity contribution in [2.24, 2.45) is 0 Å². The summed E-state index contributed by atoms with van der Waals surface area (Å²) >= 11 is 0. The summed E-state index contributed by atoms with van der Waals surface area (Å²) in [5, 5.41) is 11.0. The zero-order valence-corrected chi connectivity index (χ0v) is 13.1. The van der Waals surface area contributed by atoms with Crippen molar-refractivity contribution < 1.29 is 5.11 Å². The molecule has 0 aliphatic rings. The lowest BCUT2D eigenvalue weighted by molar-refractivity contribution is 0.101. The van der Waals surface area contributed by atoms with Crippen LogP contribution in [0.15, 0.2) is 42.5 Å². The Balaban J connectivity index is 2.46. The molecule has 0 saturated carbocycles. The zero-order valence-electron chi connectivity index (χ0n) is 13.1. The van der Waals surface area contributed by atoms with Gasteiger partial charge in [0.05, 0.1) is 0 Å². The second-order valence-corrected chi connectivity index (χ2v) is 6.17. The van der Waals surface area contributed by atoms with Gasteiger partial charge in [-0.2, -0.15) is 0 Å². The predicted molar refractivity (Wildman–Crippen MR) is 85.1 cm³/mol. The zero-order chi connectivity index (χ0) is 14.9. The summed E-state index contributed by atoms with van der Waals surface area (Å²) in [5.41, 5.74) is 4.56. The first kappa shape index (κ1) is 14.8. The highest BCUT2D eigenvalue weighted by Gasteiger charge is 2.27. The van der Waals surface area contributed by atoms with E-state index in [9.17, 15) is 5.11 Å². The minimum Gasteiger partial charge on any atom is -0.381 e. The maximum atomic E-state index is 11.0. The van der Waals surface area contributed by atoms with Crippen LogP contribution in [0.3, 0.4) is 0 Å². The van der Waals surface area contributed by atoms with E-state index in [1.807, 2.05) is 26.0 Å². The van der Waals surface area contributed by atoms with Crippen molar-refractivity contribution in [2.75, 3.05) is 0 Å². The fourth-order valence-corrected chi connectivity index (χ4v) is 2.61. The van der Waals surface area contributed by atoms with Crippen molar-refractivity contribution in [3.8, 4) is 0 Å². The van der Waals surface area contributed by atoms with Gasteiger partial charge in [0.25, 0.3) is 0 Å². The van der Waals surface area contributed by atoms with Gasteiger partial charge in [0.1, 0.15) is 5.60 Å². The van der Waals surface area contributed by atoms with Crippen molar-refractivity contribution in [1.82, 2.24) is 0 Å². The molecule has 2 aromatic rings. The molecular formula is C19H24O. The summed E-state index contributed by atoms with van der Waals surface area (Å²) in [6.07, 6.45) is 0. The average molecular weight is 268 g/mol. The Kier molecular flexibility index (Phi) is 4.01. The molecule has 2 aromatic carbocycles. The quantitative estimate of drug-likeness (QED) is 0.856. The van der Waals surface area contributed by atoms with Crippen molar-refractivity contribution in [3.05, 3.63) is 70.3 Å². The molecule has 0 saturated heterocycles. The molecular weight excluding hydrogens is 244 g/mol. The molecule has 1 nitrogen and oxygen atoms in total. The minimum absolute atomic E-state index is 0.509. The summed E-state index contributed by atoms with van der Waals surface area (Å²) < 4.78 is 0. The highest BCUT2D eigenvalue weighted by Crippen LogP contribution is 2.32. The van der Waals surface area contributed by atoms with Gasteiger partial charge in [0.2, 0.25) is 0 Å². The van der Waals surface area contributed by atoms with E-state index in [1.165, 1.54) is 11.1 Å². The Morgan fingerprint density at radius 2 is 1.55 bits per heavy atom. The fraction of sp³-hybridized carbons (Fsp3) is 0.368. The summed E-state index contributed by atoms with van der Waals surface area (Å²) in [5.74, 6) is 0.509. The molecule has 1 heteroatoms. The molecule has 0 spiro atoms. The van der Waals surface area contributed by atoms with Crippen LogP contribution in [0.25, 0.3) is 0 Å². The van der Waals surface area contributed by atoms with Crippen LogP contribution in [0.2, 0.25) is 0 Å². The molecule has 0 aliphatic carbocycles. The van der Waals surface area contributed by atoms with E-state index < -0.39 is 5.60 Å². The number of aryl methyl sites for hydroxylation is 2. The van der Waals surface area contributed by atoms with E-state index in [0.29, 0.717) is 5.92 Å². The molecule has 1 unspecified atom stereocenters. The monoisotopic (exact) mass is 268 g/mol. The van der Waals surface area contributed by atoms with Crippen LogP contribution in [0.4, 0.5) is 0 Å². The number of hydrogen-bond donors (Lipinski definition) is 1. The van der Waals surface area contributed by atoms with Gasteiger partial charge in [-0.3, -0.25) is 0 Å². The molecule has 1 N–H and O–H groups in total. The molecule has 1 atom stereocenters. The maximum absolute atomic E-state index is 11.0. The van der Waals surface area contributed by atoms with Gasteiger partial charge in [-0.05, 0) is 48.9 Å². The van der Waals surface area contributed by atoms with Crippen molar-refractivity contribution in [1.29, 1.82) is 0 Å². The maximum Gasteiger partial charge on any atom is 0.112 e. The summed E-state index contributed by atoms with van der Waals surface area (Å²) in [6, 6.07) is 14.5. The standard InChI is InChI=1S/C19H24O/c1-13(2)16-8-10-17(11-9-16)19(5,20)18-12-14(3)6-7-15(18)4/h6-13,20H,1-5H3. The lowest BCUT2D eigenvalue weighted by atomic mass is 9.84. The number of benzene rings is 2. The van der Waals surface area contributed by atoms with Gasteiger partial charge in [0.15, 0.2) is 0 Å². The Morgan fingerprint density at radius 3 is 2.10 bits per heavy atom. The fourth-order valence-electron chi connectivity index (χ4n) is 2.61. The summed E-state index contributed by atoms with van der Waals surface area (Å²) in [7, 11) is 0. The normalized spacial score (nSPS) is 14.3. The highest BCUT2D eigenvalue weighted by atomic mass is 16.3. The van der Waals surface area contributed by atoms with E-state index in [-0.39, 0.29) is 0 Å². The Labute approximate surface area is 122 Å². The first-order chi connectivity index (χ1) is 9.32. The molecule has 0 aliphatic heterocycles. The lowest BCUT2D eigenvalue weighted by Gasteiger charge is -2.27. The minimum atomic E-state index is -0.953. The number of hydrogen-bond acceptors (Lipinski definition) is 1. The first-order valence-electron chi connectivity index (χ1n) is 7.23. The Bertz CT molecular complexity index is 592. The largest absolute Gasteiger partial charge is 0.381 e. The second-order valence-electron chi connectivity index (χ2n) is 6.17. The van der Waals surface area contributed by atoms with Crippen molar-refractivity contribution in [2.45, 2.75) is 46.1 Å². The van der Waals surface area contributed by atoms with Crippen LogP contribution < -0.4 is 0 Å².